The van der Waals surface area contributed by atoms with E-state index in [1.165, 1.54) is 25.7 Å². The number of hydrogen-bond acceptors (Lipinski definition) is 5. The Morgan fingerprint density at radius 1 is 1.33 bits per heavy atom. The molecule has 1 aromatic heterocycles. The molecule has 3 atom stereocenters. The fraction of sp³-hybridized carbons (Fsp3) is 0.875. The first-order valence-electron chi connectivity index (χ1n) is 8.45. The normalized spacial score (nSPS) is 30.7. The minimum atomic E-state index is 0.395. The predicted molar refractivity (Wildman–Crippen MR) is 82.3 cm³/mol. The zero-order valence-electron chi connectivity index (χ0n) is 13.5. The molecule has 0 aliphatic carbocycles. The Kier molecular flexibility index (Phi) is 4.60. The highest BCUT2D eigenvalue weighted by atomic mass is 16.5. The summed E-state index contributed by atoms with van der Waals surface area (Å²) in [7, 11) is 2.27. The van der Waals surface area contributed by atoms with Gasteiger partial charge in [-0.15, -0.1) is 0 Å². The number of aromatic nitrogens is 2. The summed E-state index contributed by atoms with van der Waals surface area (Å²) in [6.07, 6.45) is 7.02. The number of nitrogens with zero attached hydrogens (tertiary/aromatic N) is 3. The smallest absolute Gasteiger partial charge is 0.228 e. The summed E-state index contributed by atoms with van der Waals surface area (Å²) in [5.41, 5.74) is 0. The lowest BCUT2D eigenvalue weighted by molar-refractivity contribution is 0.157. The van der Waals surface area contributed by atoms with Gasteiger partial charge >= 0.3 is 0 Å². The fourth-order valence-electron chi connectivity index (χ4n) is 3.86. The maximum absolute atomic E-state index is 5.47. The minimum Gasteiger partial charge on any atom is -0.339 e. The van der Waals surface area contributed by atoms with Crippen LogP contribution in [0.3, 0.4) is 0 Å². The summed E-state index contributed by atoms with van der Waals surface area (Å²) < 4.78 is 5.47. The lowest BCUT2D eigenvalue weighted by Gasteiger charge is -2.34. The van der Waals surface area contributed by atoms with E-state index in [4.69, 9.17) is 4.52 Å². The summed E-state index contributed by atoms with van der Waals surface area (Å²) in [6.45, 7) is 5.40. The van der Waals surface area contributed by atoms with Crippen molar-refractivity contribution >= 4 is 0 Å². The third-order valence-electron chi connectivity index (χ3n) is 5.17. The van der Waals surface area contributed by atoms with Gasteiger partial charge in [0, 0.05) is 30.5 Å². The third kappa shape index (κ3) is 3.29. The summed E-state index contributed by atoms with van der Waals surface area (Å²) in [6, 6.07) is 1.84. The average molecular weight is 292 g/mol. The second kappa shape index (κ2) is 6.44. The maximum Gasteiger partial charge on any atom is 0.228 e. The molecule has 3 rings (SSSR count). The Morgan fingerprint density at radius 3 is 2.71 bits per heavy atom. The van der Waals surface area contributed by atoms with Crippen molar-refractivity contribution in [1.29, 1.82) is 0 Å². The van der Waals surface area contributed by atoms with Crippen molar-refractivity contribution in [1.82, 2.24) is 20.4 Å². The van der Waals surface area contributed by atoms with E-state index in [9.17, 15) is 0 Å². The van der Waals surface area contributed by atoms with Crippen LogP contribution < -0.4 is 5.32 Å². The maximum atomic E-state index is 5.47. The molecule has 0 radical (unpaired) electrons. The molecule has 118 valence electrons. The topological polar surface area (TPSA) is 54.2 Å². The molecule has 5 heteroatoms. The highest BCUT2D eigenvalue weighted by Crippen LogP contribution is 2.41. The molecule has 0 spiro atoms. The van der Waals surface area contributed by atoms with Gasteiger partial charge in [-0.05, 0) is 52.6 Å². The molecule has 3 unspecified atom stereocenters. The van der Waals surface area contributed by atoms with Gasteiger partial charge in [-0.25, -0.2) is 0 Å². The van der Waals surface area contributed by atoms with Crippen molar-refractivity contribution < 1.29 is 4.52 Å². The van der Waals surface area contributed by atoms with Gasteiger partial charge in [-0.1, -0.05) is 12.1 Å². The molecular weight excluding hydrogens is 264 g/mol. The summed E-state index contributed by atoms with van der Waals surface area (Å²) in [4.78, 5) is 7.22. The first-order valence-corrected chi connectivity index (χ1v) is 8.45. The molecule has 3 heterocycles. The zero-order valence-corrected chi connectivity index (χ0v) is 13.5. The van der Waals surface area contributed by atoms with E-state index in [0.29, 0.717) is 12.0 Å². The van der Waals surface area contributed by atoms with E-state index in [2.05, 4.69) is 41.3 Å². The van der Waals surface area contributed by atoms with Crippen LogP contribution in [0.2, 0.25) is 0 Å². The molecule has 2 fully saturated rings. The first-order chi connectivity index (χ1) is 10.2. The van der Waals surface area contributed by atoms with E-state index in [1.54, 1.807) is 0 Å². The SMILES string of the molecule is CCCNC(C)Cc1nc(C2CC3CCC(C2)N3C)no1. The summed E-state index contributed by atoms with van der Waals surface area (Å²) in [5.74, 6) is 2.22. The fourth-order valence-corrected chi connectivity index (χ4v) is 3.86. The van der Waals surface area contributed by atoms with Crippen molar-refractivity contribution in [3.8, 4) is 0 Å². The molecule has 2 bridgehead atoms. The first kappa shape index (κ1) is 15.0. The standard InChI is InChI=1S/C16H28N4O/c1-4-7-17-11(2)8-15-18-16(19-21-15)12-9-13-5-6-14(10-12)20(13)3/h11-14,17H,4-10H2,1-3H3. The van der Waals surface area contributed by atoms with Crippen LogP contribution in [0.4, 0.5) is 0 Å². The van der Waals surface area contributed by atoms with Gasteiger partial charge in [-0.3, -0.25) is 0 Å². The van der Waals surface area contributed by atoms with Crippen LogP contribution >= 0.6 is 0 Å². The molecule has 1 N–H and O–H groups in total. The van der Waals surface area contributed by atoms with E-state index in [1.807, 2.05) is 0 Å². The van der Waals surface area contributed by atoms with Gasteiger partial charge in [0.15, 0.2) is 5.82 Å². The van der Waals surface area contributed by atoms with E-state index < -0.39 is 0 Å². The number of piperidine rings is 1. The van der Waals surface area contributed by atoms with Gasteiger partial charge in [0.05, 0.1) is 0 Å². The molecule has 21 heavy (non-hydrogen) atoms. The Balaban J connectivity index is 1.58. The van der Waals surface area contributed by atoms with Crippen molar-refractivity contribution in [3.63, 3.8) is 0 Å². The number of rotatable bonds is 6. The largest absolute Gasteiger partial charge is 0.339 e. The molecule has 5 nitrogen and oxygen atoms in total. The van der Waals surface area contributed by atoms with Gasteiger partial charge in [0.25, 0.3) is 0 Å². The van der Waals surface area contributed by atoms with Crippen molar-refractivity contribution in [3.05, 3.63) is 11.7 Å². The monoisotopic (exact) mass is 292 g/mol. The number of hydrogen-bond donors (Lipinski definition) is 1. The number of fused-ring (bicyclic) bond motifs is 2. The van der Waals surface area contributed by atoms with Crippen molar-refractivity contribution in [2.24, 2.45) is 0 Å². The predicted octanol–water partition coefficient (Wildman–Crippen LogP) is 2.34. The van der Waals surface area contributed by atoms with E-state index >= 15 is 0 Å². The van der Waals surface area contributed by atoms with Gasteiger partial charge < -0.3 is 14.7 Å². The van der Waals surface area contributed by atoms with Crippen molar-refractivity contribution in [2.45, 2.75) is 76.4 Å². The molecule has 2 aliphatic rings. The summed E-state index contributed by atoms with van der Waals surface area (Å²) >= 11 is 0. The minimum absolute atomic E-state index is 0.395. The quantitative estimate of drug-likeness (QED) is 0.872. The zero-order chi connectivity index (χ0) is 14.8. The van der Waals surface area contributed by atoms with Gasteiger partial charge in [0.2, 0.25) is 5.89 Å². The third-order valence-corrected chi connectivity index (χ3v) is 5.17. The van der Waals surface area contributed by atoms with E-state index in [-0.39, 0.29) is 0 Å². The average Bonchev–Trinajstić information content (AvgIpc) is 2.98. The highest BCUT2D eigenvalue weighted by molar-refractivity contribution is 5.05. The Labute approximate surface area is 127 Å². The lowest BCUT2D eigenvalue weighted by atomic mass is 9.90. The van der Waals surface area contributed by atoms with E-state index in [0.717, 1.165) is 43.2 Å². The van der Waals surface area contributed by atoms with Crippen LogP contribution in [-0.2, 0) is 6.42 Å². The van der Waals surface area contributed by atoms with Crippen LogP contribution in [0.5, 0.6) is 0 Å². The lowest BCUT2D eigenvalue weighted by Crippen LogP contribution is -2.39. The highest BCUT2D eigenvalue weighted by Gasteiger charge is 2.40. The second-order valence-corrected chi connectivity index (χ2v) is 6.82. The molecule has 0 aromatic carbocycles. The van der Waals surface area contributed by atoms with Crippen molar-refractivity contribution in [2.75, 3.05) is 13.6 Å². The Morgan fingerprint density at radius 2 is 2.05 bits per heavy atom. The molecular formula is C16H28N4O. The van der Waals surface area contributed by atoms with Crippen LogP contribution in [0.25, 0.3) is 0 Å². The second-order valence-electron chi connectivity index (χ2n) is 6.82. The van der Waals surface area contributed by atoms with Crippen LogP contribution in [-0.4, -0.2) is 46.8 Å². The molecule has 2 aliphatic heterocycles. The Hall–Kier alpha value is -0.940. The molecule has 0 amide bonds. The molecule has 0 saturated carbocycles. The Bertz CT molecular complexity index is 447. The van der Waals surface area contributed by atoms with Gasteiger partial charge in [0.1, 0.15) is 0 Å². The van der Waals surface area contributed by atoms with Crippen LogP contribution in [0, 0.1) is 0 Å². The summed E-state index contributed by atoms with van der Waals surface area (Å²) in [5, 5.41) is 7.73. The number of nitrogens with one attached hydrogen (secondary N) is 1. The van der Waals surface area contributed by atoms with Gasteiger partial charge in [-0.2, -0.15) is 4.98 Å². The van der Waals surface area contributed by atoms with Crippen LogP contribution in [0.1, 0.15) is 63.6 Å². The molecule has 1 aromatic rings. The molecule has 2 saturated heterocycles. The van der Waals surface area contributed by atoms with Crippen LogP contribution in [0.15, 0.2) is 4.52 Å².